The van der Waals surface area contributed by atoms with Crippen LogP contribution in [-0.2, 0) is 11.3 Å². The molecule has 0 saturated heterocycles. The van der Waals surface area contributed by atoms with Gasteiger partial charge in [-0.15, -0.1) is 0 Å². The van der Waals surface area contributed by atoms with Gasteiger partial charge in [0, 0.05) is 22.9 Å². The number of benzene rings is 2. The number of hydrogen-bond donors (Lipinski definition) is 0. The van der Waals surface area contributed by atoms with Gasteiger partial charge in [-0.1, -0.05) is 41.9 Å². The molecule has 3 rings (SSSR count). The van der Waals surface area contributed by atoms with Crippen molar-refractivity contribution in [1.29, 1.82) is 5.26 Å². The van der Waals surface area contributed by atoms with Gasteiger partial charge in [0.25, 0.3) is 0 Å². The first-order valence-electron chi connectivity index (χ1n) is 9.12. The van der Waals surface area contributed by atoms with E-state index in [4.69, 9.17) is 25.8 Å². The molecule has 0 saturated carbocycles. The van der Waals surface area contributed by atoms with Crippen molar-refractivity contribution in [2.45, 2.75) is 13.5 Å². The summed E-state index contributed by atoms with van der Waals surface area (Å²) in [4.78, 5) is 4.17. The molecular formula is C23H21ClN2O3. The summed E-state index contributed by atoms with van der Waals surface area (Å²) >= 11 is 6.18. The Bertz CT molecular complexity index is 1020. The fourth-order valence-corrected chi connectivity index (χ4v) is 3.18. The average molecular weight is 409 g/mol. The van der Waals surface area contributed by atoms with E-state index in [0.717, 1.165) is 16.8 Å². The highest BCUT2D eigenvalue weighted by Gasteiger charge is 2.16. The zero-order valence-electron chi connectivity index (χ0n) is 16.3. The smallest absolute Gasteiger partial charge is 0.147 e. The third-order valence-electron chi connectivity index (χ3n) is 4.29. The molecule has 0 fully saturated rings. The number of nitriles is 1. The van der Waals surface area contributed by atoms with E-state index >= 15 is 0 Å². The van der Waals surface area contributed by atoms with Crippen molar-refractivity contribution in [3.8, 4) is 28.7 Å². The van der Waals surface area contributed by atoms with Crippen LogP contribution in [0.4, 0.5) is 0 Å². The second-order valence-corrected chi connectivity index (χ2v) is 6.70. The second kappa shape index (κ2) is 9.92. The van der Waals surface area contributed by atoms with Crippen molar-refractivity contribution in [1.82, 2.24) is 4.98 Å². The molecule has 0 N–H and O–H groups in total. The fourth-order valence-electron chi connectivity index (χ4n) is 2.90. The Kier molecular flexibility index (Phi) is 7.07. The number of ether oxygens (including phenoxy) is 3. The summed E-state index contributed by atoms with van der Waals surface area (Å²) in [5.41, 5.74) is 3.56. The molecule has 3 aromatic rings. The van der Waals surface area contributed by atoms with Crippen LogP contribution in [0.3, 0.4) is 0 Å². The van der Waals surface area contributed by atoms with Gasteiger partial charge in [0.1, 0.15) is 29.3 Å². The van der Waals surface area contributed by atoms with Gasteiger partial charge in [-0.05, 0) is 30.7 Å². The van der Waals surface area contributed by atoms with Crippen molar-refractivity contribution < 1.29 is 14.2 Å². The van der Waals surface area contributed by atoms with Crippen LogP contribution in [0, 0.1) is 18.3 Å². The lowest BCUT2D eigenvalue weighted by molar-refractivity contribution is 0.0890. The Morgan fingerprint density at radius 1 is 1.03 bits per heavy atom. The monoisotopic (exact) mass is 408 g/mol. The number of pyridine rings is 1. The topological polar surface area (TPSA) is 64.4 Å². The largest absolute Gasteiger partial charge is 0.497 e. The van der Waals surface area contributed by atoms with E-state index < -0.39 is 0 Å². The molecule has 148 valence electrons. The number of nitrogens with zero attached hydrogens (tertiary/aromatic N) is 2. The first-order valence-corrected chi connectivity index (χ1v) is 9.50. The zero-order chi connectivity index (χ0) is 20.6. The van der Waals surface area contributed by atoms with Gasteiger partial charge in [0.15, 0.2) is 0 Å². The Labute approximate surface area is 175 Å². The lowest BCUT2D eigenvalue weighted by atomic mass is 10.00. The van der Waals surface area contributed by atoms with Crippen LogP contribution in [0.5, 0.6) is 11.5 Å². The number of aryl methyl sites for hydroxylation is 1. The van der Waals surface area contributed by atoms with Gasteiger partial charge in [0.05, 0.1) is 25.9 Å². The second-order valence-electron chi connectivity index (χ2n) is 6.34. The fraction of sp³-hybridized carbons (Fsp3) is 0.217. The SMILES string of the molecule is COc1ccc(-c2cc(C)nc(Cl)c2C#N)c(OCCOCc2ccccc2)c1. The summed E-state index contributed by atoms with van der Waals surface area (Å²) in [5, 5.41) is 9.71. The van der Waals surface area contributed by atoms with Crippen LogP contribution < -0.4 is 9.47 Å². The van der Waals surface area contributed by atoms with Gasteiger partial charge < -0.3 is 14.2 Å². The Morgan fingerprint density at radius 2 is 1.83 bits per heavy atom. The minimum absolute atomic E-state index is 0.176. The van der Waals surface area contributed by atoms with Gasteiger partial charge in [-0.2, -0.15) is 5.26 Å². The van der Waals surface area contributed by atoms with Gasteiger partial charge in [0.2, 0.25) is 0 Å². The molecule has 6 heteroatoms. The molecule has 1 heterocycles. The van der Waals surface area contributed by atoms with E-state index in [1.807, 2.05) is 55.5 Å². The molecule has 1 aromatic heterocycles. The number of hydrogen-bond acceptors (Lipinski definition) is 5. The number of rotatable bonds is 8. The summed E-state index contributed by atoms with van der Waals surface area (Å²) in [6.07, 6.45) is 0. The van der Waals surface area contributed by atoms with E-state index in [-0.39, 0.29) is 5.15 Å². The molecule has 0 aliphatic rings. The molecule has 0 bridgehead atoms. The zero-order valence-corrected chi connectivity index (χ0v) is 17.1. The van der Waals surface area contributed by atoms with Crippen LogP contribution in [0.25, 0.3) is 11.1 Å². The molecular weight excluding hydrogens is 388 g/mol. The highest BCUT2D eigenvalue weighted by Crippen LogP contribution is 2.37. The molecule has 0 radical (unpaired) electrons. The van der Waals surface area contributed by atoms with Gasteiger partial charge >= 0.3 is 0 Å². The lowest BCUT2D eigenvalue weighted by Gasteiger charge is -2.15. The van der Waals surface area contributed by atoms with E-state index in [9.17, 15) is 5.26 Å². The van der Waals surface area contributed by atoms with Crippen molar-refractivity contribution in [3.05, 3.63) is 76.6 Å². The van der Waals surface area contributed by atoms with Crippen molar-refractivity contribution in [2.75, 3.05) is 20.3 Å². The summed E-state index contributed by atoms with van der Waals surface area (Å²) in [6.45, 7) is 3.13. The van der Waals surface area contributed by atoms with E-state index in [0.29, 0.717) is 42.4 Å². The Morgan fingerprint density at radius 3 is 2.55 bits per heavy atom. The highest BCUT2D eigenvalue weighted by atomic mass is 35.5. The quantitative estimate of drug-likeness (QED) is 0.379. The van der Waals surface area contributed by atoms with E-state index in [1.165, 1.54) is 0 Å². The summed E-state index contributed by atoms with van der Waals surface area (Å²) in [5.74, 6) is 1.25. The van der Waals surface area contributed by atoms with Crippen LogP contribution >= 0.6 is 11.6 Å². The maximum absolute atomic E-state index is 9.54. The first-order chi connectivity index (χ1) is 14.1. The minimum Gasteiger partial charge on any atom is -0.497 e. The van der Waals surface area contributed by atoms with Gasteiger partial charge in [-0.25, -0.2) is 4.98 Å². The average Bonchev–Trinajstić information content (AvgIpc) is 2.73. The molecule has 0 amide bonds. The molecule has 0 aliphatic heterocycles. The number of methoxy groups -OCH3 is 1. The third-order valence-corrected chi connectivity index (χ3v) is 4.56. The van der Waals surface area contributed by atoms with Crippen molar-refractivity contribution in [3.63, 3.8) is 0 Å². The molecule has 0 aliphatic carbocycles. The normalized spacial score (nSPS) is 10.4. The predicted molar refractivity (Wildman–Crippen MR) is 112 cm³/mol. The molecule has 5 nitrogen and oxygen atoms in total. The summed E-state index contributed by atoms with van der Waals surface area (Å²) in [7, 11) is 1.59. The van der Waals surface area contributed by atoms with Crippen LogP contribution in [0.15, 0.2) is 54.6 Å². The van der Waals surface area contributed by atoms with Crippen LogP contribution in [0.2, 0.25) is 5.15 Å². The van der Waals surface area contributed by atoms with Crippen LogP contribution in [-0.4, -0.2) is 25.3 Å². The molecule has 0 atom stereocenters. The Balaban J connectivity index is 1.77. The first kappa shape index (κ1) is 20.7. The number of aromatic nitrogens is 1. The number of halogens is 1. The summed E-state index contributed by atoms with van der Waals surface area (Å²) in [6, 6.07) is 19.4. The molecule has 0 spiro atoms. The van der Waals surface area contributed by atoms with Crippen LogP contribution in [0.1, 0.15) is 16.8 Å². The lowest BCUT2D eigenvalue weighted by Crippen LogP contribution is -2.08. The highest BCUT2D eigenvalue weighted by molar-refractivity contribution is 6.31. The molecule has 0 unspecified atom stereocenters. The minimum atomic E-state index is 0.176. The van der Waals surface area contributed by atoms with E-state index in [1.54, 1.807) is 13.2 Å². The maximum Gasteiger partial charge on any atom is 0.147 e. The predicted octanol–water partition coefficient (Wildman–Crippen LogP) is 5.19. The standard InChI is InChI=1S/C23H21ClN2O3/c1-16-12-20(21(14-25)23(24)26-16)19-9-8-18(27-2)13-22(19)29-11-10-28-15-17-6-4-3-5-7-17/h3-9,12-13H,10-11,15H2,1-2H3. The van der Waals surface area contributed by atoms with Crippen molar-refractivity contribution in [2.24, 2.45) is 0 Å². The third kappa shape index (κ3) is 5.26. The summed E-state index contributed by atoms with van der Waals surface area (Å²) < 4.78 is 17.0. The van der Waals surface area contributed by atoms with Crippen molar-refractivity contribution >= 4 is 11.6 Å². The molecule has 29 heavy (non-hydrogen) atoms. The Hall–Kier alpha value is -3.07. The molecule has 2 aromatic carbocycles. The van der Waals surface area contributed by atoms with E-state index in [2.05, 4.69) is 11.1 Å². The van der Waals surface area contributed by atoms with Gasteiger partial charge in [-0.3, -0.25) is 0 Å². The maximum atomic E-state index is 9.54.